The van der Waals surface area contributed by atoms with Crippen molar-refractivity contribution >= 4 is 5.96 Å². The van der Waals surface area contributed by atoms with E-state index < -0.39 is 0 Å². The summed E-state index contributed by atoms with van der Waals surface area (Å²) in [4.78, 5) is 7.40. The zero-order chi connectivity index (χ0) is 18.9. The number of ether oxygens (including phenoxy) is 1. The molecule has 0 aliphatic carbocycles. The molecule has 3 rings (SSSR count). The summed E-state index contributed by atoms with van der Waals surface area (Å²) < 4.78 is 5.51. The second kappa shape index (κ2) is 10.7. The van der Waals surface area contributed by atoms with Crippen molar-refractivity contribution in [2.75, 3.05) is 45.9 Å². The number of nitrogens with zero attached hydrogens (tertiary/aromatic N) is 2. The van der Waals surface area contributed by atoms with Gasteiger partial charge < -0.3 is 20.3 Å². The van der Waals surface area contributed by atoms with Crippen LogP contribution in [-0.2, 0) is 11.2 Å². The van der Waals surface area contributed by atoms with Gasteiger partial charge >= 0.3 is 0 Å². The number of aliphatic imine (C=N–C) groups is 1. The molecule has 150 valence electrons. The first-order valence-corrected chi connectivity index (χ1v) is 10.6. The lowest BCUT2D eigenvalue weighted by Crippen LogP contribution is -2.49. The molecule has 2 saturated heterocycles. The first-order chi connectivity index (χ1) is 13.2. The van der Waals surface area contributed by atoms with Gasteiger partial charge in [-0.05, 0) is 51.0 Å². The molecule has 2 N–H and O–H groups in total. The van der Waals surface area contributed by atoms with Crippen molar-refractivity contribution in [1.29, 1.82) is 0 Å². The maximum Gasteiger partial charge on any atom is 0.191 e. The van der Waals surface area contributed by atoms with E-state index in [4.69, 9.17) is 9.73 Å². The molecule has 2 heterocycles. The smallest absolute Gasteiger partial charge is 0.191 e. The number of nitrogens with one attached hydrogen (secondary N) is 2. The predicted octanol–water partition coefficient (Wildman–Crippen LogP) is 2.59. The number of benzene rings is 1. The molecule has 0 spiro atoms. The Hall–Kier alpha value is -1.59. The van der Waals surface area contributed by atoms with Crippen LogP contribution in [0.1, 0.15) is 37.3 Å². The van der Waals surface area contributed by atoms with E-state index in [2.05, 4.69) is 53.6 Å². The summed E-state index contributed by atoms with van der Waals surface area (Å²) in [5.74, 6) is 1.71. The van der Waals surface area contributed by atoms with Gasteiger partial charge in [-0.1, -0.05) is 29.8 Å². The Kier molecular flexibility index (Phi) is 7.96. The average Bonchev–Trinajstić information content (AvgIpc) is 3.18. The fourth-order valence-electron chi connectivity index (χ4n) is 3.92. The molecule has 0 radical (unpaired) electrons. The summed E-state index contributed by atoms with van der Waals surface area (Å²) in [6.45, 7) is 11.4. The van der Waals surface area contributed by atoms with Gasteiger partial charge in [-0.3, -0.25) is 4.99 Å². The van der Waals surface area contributed by atoms with Gasteiger partial charge in [0.25, 0.3) is 0 Å². The predicted molar refractivity (Wildman–Crippen MR) is 112 cm³/mol. The molecule has 0 bridgehead atoms. The second-order valence-electron chi connectivity index (χ2n) is 7.95. The van der Waals surface area contributed by atoms with Crippen molar-refractivity contribution in [3.05, 3.63) is 35.4 Å². The van der Waals surface area contributed by atoms with Crippen LogP contribution < -0.4 is 10.6 Å². The Bertz CT molecular complexity index is 572. The van der Waals surface area contributed by atoms with Crippen LogP contribution in [0.25, 0.3) is 0 Å². The molecule has 2 aliphatic rings. The molecule has 0 aromatic heterocycles. The Morgan fingerprint density at radius 3 is 2.63 bits per heavy atom. The van der Waals surface area contributed by atoms with Crippen LogP contribution in [0.15, 0.2) is 29.3 Å². The van der Waals surface area contributed by atoms with Crippen LogP contribution in [0.4, 0.5) is 0 Å². The zero-order valence-electron chi connectivity index (χ0n) is 17.0. The monoisotopic (exact) mass is 372 g/mol. The third kappa shape index (κ3) is 6.82. The Balaban J connectivity index is 1.41. The van der Waals surface area contributed by atoms with Gasteiger partial charge in [-0.2, -0.15) is 0 Å². The van der Waals surface area contributed by atoms with E-state index in [0.29, 0.717) is 6.04 Å². The Labute approximate surface area is 164 Å². The van der Waals surface area contributed by atoms with E-state index in [1.54, 1.807) is 0 Å². The van der Waals surface area contributed by atoms with E-state index in [1.807, 2.05) is 0 Å². The van der Waals surface area contributed by atoms with E-state index in [-0.39, 0.29) is 0 Å². The van der Waals surface area contributed by atoms with Gasteiger partial charge in [0.1, 0.15) is 0 Å². The molecular formula is C22H36N4O. The number of aryl methyl sites for hydroxylation is 1. The summed E-state index contributed by atoms with van der Waals surface area (Å²) in [5.41, 5.74) is 2.66. The van der Waals surface area contributed by atoms with Crippen LogP contribution in [0.5, 0.6) is 0 Å². The lowest BCUT2D eigenvalue weighted by molar-refractivity contribution is 0.150. The van der Waals surface area contributed by atoms with E-state index in [1.165, 1.54) is 50.0 Å². The minimum absolute atomic E-state index is 0.526. The van der Waals surface area contributed by atoms with Crippen molar-refractivity contribution < 1.29 is 4.74 Å². The molecule has 1 aromatic rings. The first-order valence-electron chi connectivity index (χ1n) is 10.6. The minimum Gasteiger partial charge on any atom is -0.381 e. The van der Waals surface area contributed by atoms with Crippen molar-refractivity contribution in [3.8, 4) is 0 Å². The SMILES string of the molecule is CCNC(=NCCc1ccc(C)cc1)NC1CCN(CC2CCOC2)CC1. The molecule has 1 atom stereocenters. The normalized spacial score (nSPS) is 22.1. The lowest BCUT2D eigenvalue weighted by Gasteiger charge is -2.34. The molecular weight excluding hydrogens is 336 g/mol. The van der Waals surface area contributed by atoms with Gasteiger partial charge in [0.15, 0.2) is 5.96 Å². The standard InChI is InChI=1S/C22H36N4O/c1-3-23-22(24-12-8-19-6-4-18(2)5-7-19)25-21-9-13-26(14-10-21)16-20-11-15-27-17-20/h4-7,20-21H,3,8-17H2,1-2H3,(H2,23,24,25). The number of guanidine groups is 1. The van der Waals surface area contributed by atoms with Crippen LogP contribution >= 0.6 is 0 Å². The summed E-state index contributed by atoms with van der Waals surface area (Å²) in [6.07, 6.45) is 4.60. The third-order valence-electron chi connectivity index (χ3n) is 5.60. The highest BCUT2D eigenvalue weighted by Crippen LogP contribution is 2.17. The molecule has 5 nitrogen and oxygen atoms in total. The highest BCUT2D eigenvalue weighted by molar-refractivity contribution is 5.80. The fraction of sp³-hybridized carbons (Fsp3) is 0.682. The number of piperidine rings is 1. The maximum atomic E-state index is 5.51. The van der Waals surface area contributed by atoms with E-state index in [0.717, 1.165) is 44.6 Å². The van der Waals surface area contributed by atoms with Gasteiger partial charge in [0.05, 0.1) is 6.61 Å². The molecule has 0 amide bonds. The highest BCUT2D eigenvalue weighted by atomic mass is 16.5. The van der Waals surface area contributed by atoms with Gasteiger partial charge in [-0.15, -0.1) is 0 Å². The number of rotatable bonds is 7. The largest absolute Gasteiger partial charge is 0.381 e. The van der Waals surface area contributed by atoms with E-state index in [9.17, 15) is 0 Å². The number of likely N-dealkylation sites (tertiary alicyclic amines) is 1. The zero-order valence-corrected chi connectivity index (χ0v) is 17.0. The summed E-state index contributed by atoms with van der Waals surface area (Å²) in [5, 5.41) is 7.06. The first kappa shape index (κ1) is 20.2. The van der Waals surface area contributed by atoms with Crippen molar-refractivity contribution in [2.45, 2.75) is 45.6 Å². The van der Waals surface area contributed by atoms with Gasteiger partial charge in [0, 0.05) is 45.4 Å². The van der Waals surface area contributed by atoms with Crippen LogP contribution in [0, 0.1) is 12.8 Å². The molecule has 1 unspecified atom stereocenters. The number of hydrogen-bond acceptors (Lipinski definition) is 3. The Morgan fingerprint density at radius 1 is 1.19 bits per heavy atom. The molecule has 27 heavy (non-hydrogen) atoms. The van der Waals surface area contributed by atoms with Gasteiger partial charge in [-0.25, -0.2) is 0 Å². The van der Waals surface area contributed by atoms with Crippen molar-refractivity contribution in [3.63, 3.8) is 0 Å². The molecule has 1 aromatic carbocycles. The molecule has 0 saturated carbocycles. The van der Waals surface area contributed by atoms with Crippen LogP contribution in [0.2, 0.25) is 0 Å². The fourth-order valence-corrected chi connectivity index (χ4v) is 3.92. The van der Waals surface area contributed by atoms with Crippen LogP contribution in [0.3, 0.4) is 0 Å². The second-order valence-corrected chi connectivity index (χ2v) is 7.95. The maximum absolute atomic E-state index is 5.51. The summed E-state index contributed by atoms with van der Waals surface area (Å²) in [6, 6.07) is 9.28. The van der Waals surface area contributed by atoms with Crippen molar-refractivity contribution in [1.82, 2.24) is 15.5 Å². The summed E-state index contributed by atoms with van der Waals surface area (Å²) in [7, 11) is 0. The third-order valence-corrected chi connectivity index (χ3v) is 5.60. The van der Waals surface area contributed by atoms with E-state index >= 15 is 0 Å². The average molecular weight is 373 g/mol. The molecule has 2 aliphatic heterocycles. The van der Waals surface area contributed by atoms with Gasteiger partial charge in [0.2, 0.25) is 0 Å². The molecule has 2 fully saturated rings. The minimum atomic E-state index is 0.526. The van der Waals surface area contributed by atoms with Crippen LogP contribution in [-0.4, -0.2) is 62.8 Å². The topological polar surface area (TPSA) is 48.9 Å². The highest BCUT2D eigenvalue weighted by Gasteiger charge is 2.24. The van der Waals surface area contributed by atoms with Crippen molar-refractivity contribution in [2.24, 2.45) is 10.9 Å². The quantitative estimate of drug-likeness (QED) is 0.571. The Morgan fingerprint density at radius 2 is 1.96 bits per heavy atom. The summed E-state index contributed by atoms with van der Waals surface area (Å²) >= 11 is 0. The lowest BCUT2D eigenvalue weighted by atomic mass is 10.0. The number of hydrogen-bond donors (Lipinski definition) is 2. The molecule has 5 heteroatoms.